The monoisotopic (exact) mass is 199 g/mol. The quantitative estimate of drug-likeness (QED) is 0.788. The summed E-state index contributed by atoms with van der Waals surface area (Å²) in [6.07, 6.45) is 1.76. The van der Waals surface area contributed by atoms with Gasteiger partial charge in [-0.1, -0.05) is 23.7 Å². The van der Waals surface area contributed by atoms with Gasteiger partial charge in [0.1, 0.15) is 5.82 Å². The van der Waals surface area contributed by atoms with Crippen molar-refractivity contribution in [2.24, 2.45) is 0 Å². The van der Waals surface area contributed by atoms with Crippen LogP contribution in [-0.4, -0.2) is 6.54 Å². The van der Waals surface area contributed by atoms with Crippen LogP contribution >= 0.6 is 11.6 Å². The van der Waals surface area contributed by atoms with Crippen LogP contribution in [0.1, 0.15) is 5.56 Å². The van der Waals surface area contributed by atoms with Gasteiger partial charge in [-0.15, -0.1) is 0 Å². The van der Waals surface area contributed by atoms with Gasteiger partial charge in [-0.3, -0.25) is 0 Å². The third-order valence-electron chi connectivity index (χ3n) is 1.70. The van der Waals surface area contributed by atoms with Gasteiger partial charge in [0.25, 0.3) is 0 Å². The predicted octanol–water partition coefficient (Wildman–Crippen LogP) is 3.30. The largest absolute Gasteiger partial charge is 0.381 e. The van der Waals surface area contributed by atoms with E-state index >= 15 is 0 Å². The van der Waals surface area contributed by atoms with E-state index < -0.39 is 0 Å². The normalized spacial score (nSPS) is 10.7. The molecule has 0 aliphatic heterocycles. The van der Waals surface area contributed by atoms with E-state index in [0.717, 1.165) is 11.3 Å². The minimum atomic E-state index is -0.233. The lowest BCUT2D eigenvalue weighted by Crippen LogP contribution is -2.00. The molecule has 0 aromatic heterocycles. The Morgan fingerprint density at radius 3 is 3.00 bits per heavy atom. The van der Waals surface area contributed by atoms with Crippen molar-refractivity contribution in [3.8, 4) is 0 Å². The average Bonchev–Trinajstić information content (AvgIpc) is 2.11. The molecule has 0 amide bonds. The topological polar surface area (TPSA) is 12.0 Å². The highest BCUT2D eigenvalue weighted by molar-refractivity contribution is 6.25. The third kappa shape index (κ3) is 3.07. The number of anilines is 1. The Morgan fingerprint density at radius 2 is 2.31 bits per heavy atom. The molecule has 0 spiro atoms. The van der Waals surface area contributed by atoms with Crippen molar-refractivity contribution in [2.75, 3.05) is 11.9 Å². The Bertz CT molecular complexity index is 310. The molecule has 0 bridgehead atoms. The van der Waals surface area contributed by atoms with Crippen LogP contribution in [0.4, 0.5) is 10.1 Å². The van der Waals surface area contributed by atoms with Crippen molar-refractivity contribution in [3.63, 3.8) is 0 Å². The molecule has 1 aromatic carbocycles. The molecule has 0 aliphatic carbocycles. The third-order valence-corrected chi connectivity index (χ3v) is 1.88. The van der Waals surface area contributed by atoms with E-state index in [4.69, 9.17) is 11.6 Å². The van der Waals surface area contributed by atoms with Gasteiger partial charge in [-0.25, -0.2) is 4.39 Å². The van der Waals surface area contributed by atoms with Crippen molar-refractivity contribution in [1.82, 2.24) is 0 Å². The maximum Gasteiger partial charge on any atom is 0.125 e. The van der Waals surface area contributed by atoms with Crippen molar-refractivity contribution < 1.29 is 4.39 Å². The van der Waals surface area contributed by atoms with Crippen LogP contribution in [0.3, 0.4) is 0 Å². The molecule has 0 heterocycles. The standard InChI is InChI=1S/C10H11ClFN/c1-8-3-4-9(12)7-10(8)13-6-2-5-11/h2-5,7,13H,6H2,1H3/b5-2+. The van der Waals surface area contributed by atoms with Crippen LogP contribution in [-0.2, 0) is 0 Å². The molecule has 13 heavy (non-hydrogen) atoms. The molecule has 0 unspecified atom stereocenters. The van der Waals surface area contributed by atoms with Gasteiger partial charge in [0.2, 0.25) is 0 Å². The number of halogens is 2. The second-order valence-corrected chi connectivity index (χ2v) is 2.95. The molecule has 1 nitrogen and oxygen atoms in total. The lowest BCUT2D eigenvalue weighted by molar-refractivity contribution is 0.628. The summed E-state index contributed by atoms with van der Waals surface area (Å²) < 4.78 is 12.8. The van der Waals surface area contributed by atoms with Gasteiger partial charge in [-0.2, -0.15) is 0 Å². The minimum Gasteiger partial charge on any atom is -0.381 e. The maximum absolute atomic E-state index is 12.8. The molecular formula is C10H11ClFN. The molecular weight excluding hydrogens is 189 g/mol. The summed E-state index contributed by atoms with van der Waals surface area (Å²) in [5.74, 6) is -0.233. The highest BCUT2D eigenvalue weighted by Gasteiger charge is 1.97. The second-order valence-electron chi connectivity index (χ2n) is 2.70. The number of rotatable bonds is 3. The fourth-order valence-electron chi connectivity index (χ4n) is 0.998. The Hall–Kier alpha value is -1.02. The Kier molecular flexibility index (Phi) is 3.77. The van der Waals surface area contributed by atoms with E-state index in [1.807, 2.05) is 6.92 Å². The first-order valence-corrected chi connectivity index (χ1v) is 4.43. The number of hydrogen-bond acceptors (Lipinski definition) is 1. The zero-order valence-electron chi connectivity index (χ0n) is 7.35. The fraction of sp³-hybridized carbons (Fsp3) is 0.200. The van der Waals surface area contributed by atoms with E-state index in [1.54, 1.807) is 12.1 Å². The van der Waals surface area contributed by atoms with Gasteiger partial charge < -0.3 is 5.32 Å². The van der Waals surface area contributed by atoms with Crippen LogP contribution < -0.4 is 5.32 Å². The van der Waals surface area contributed by atoms with Gasteiger partial charge in [0.05, 0.1) is 0 Å². The van der Waals surface area contributed by atoms with Gasteiger partial charge in [0.15, 0.2) is 0 Å². The molecule has 0 aliphatic rings. The molecule has 1 N–H and O–H groups in total. The summed E-state index contributed by atoms with van der Waals surface area (Å²) in [5.41, 5.74) is 3.25. The first kappa shape index (κ1) is 10.1. The first-order valence-electron chi connectivity index (χ1n) is 3.99. The highest BCUT2D eigenvalue weighted by Crippen LogP contribution is 2.15. The molecule has 3 heteroatoms. The van der Waals surface area contributed by atoms with E-state index in [0.29, 0.717) is 6.54 Å². The van der Waals surface area contributed by atoms with Crippen LogP contribution in [0.15, 0.2) is 29.8 Å². The Balaban J connectivity index is 2.69. The lowest BCUT2D eigenvalue weighted by Gasteiger charge is -2.06. The smallest absolute Gasteiger partial charge is 0.125 e. The number of hydrogen-bond donors (Lipinski definition) is 1. The van der Waals surface area contributed by atoms with E-state index in [-0.39, 0.29) is 5.82 Å². The summed E-state index contributed by atoms with van der Waals surface area (Å²) in [5, 5.41) is 3.04. The van der Waals surface area contributed by atoms with E-state index in [1.165, 1.54) is 17.7 Å². The summed E-state index contributed by atoms with van der Waals surface area (Å²) >= 11 is 5.34. The van der Waals surface area contributed by atoms with Crippen molar-refractivity contribution in [3.05, 3.63) is 41.2 Å². The highest BCUT2D eigenvalue weighted by atomic mass is 35.5. The minimum absolute atomic E-state index is 0.233. The first-order chi connectivity index (χ1) is 6.24. The summed E-state index contributed by atoms with van der Waals surface area (Å²) in [6, 6.07) is 4.65. The van der Waals surface area contributed by atoms with Gasteiger partial charge >= 0.3 is 0 Å². The Labute approximate surface area is 82.2 Å². The summed E-state index contributed by atoms with van der Waals surface area (Å²) in [6.45, 7) is 2.53. The maximum atomic E-state index is 12.8. The van der Waals surface area contributed by atoms with Crippen LogP contribution in [0.25, 0.3) is 0 Å². The molecule has 1 aromatic rings. The second kappa shape index (κ2) is 4.87. The molecule has 0 saturated carbocycles. The van der Waals surface area contributed by atoms with E-state index in [9.17, 15) is 4.39 Å². The zero-order valence-corrected chi connectivity index (χ0v) is 8.11. The molecule has 1 rings (SSSR count). The van der Waals surface area contributed by atoms with Gasteiger partial charge in [-0.05, 0) is 24.6 Å². The Morgan fingerprint density at radius 1 is 1.54 bits per heavy atom. The SMILES string of the molecule is Cc1ccc(F)cc1NC/C=C/Cl. The summed E-state index contributed by atoms with van der Waals surface area (Å²) in [4.78, 5) is 0. The molecule has 70 valence electrons. The van der Waals surface area contributed by atoms with Crippen LogP contribution in [0.2, 0.25) is 0 Å². The number of aryl methyl sites for hydroxylation is 1. The molecule has 0 radical (unpaired) electrons. The fourth-order valence-corrected chi connectivity index (χ4v) is 1.09. The molecule has 0 saturated heterocycles. The van der Waals surface area contributed by atoms with Crippen molar-refractivity contribution in [1.29, 1.82) is 0 Å². The van der Waals surface area contributed by atoms with Crippen molar-refractivity contribution in [2.45, 2.75) is 6.92 Å². The number of nitrogens with one attached hydrogen (secondary N) is 1. The van der Waals surface area contributed by atoms with Crippen LogP contribution in [0, 0.1) is 12.7 Å². The van der Waals surface area contributed by atoms with E-state index in [2.05, 4.69) is 5.32 Å². The van der Waals surface area contributed by atoms with Gasteiger partial charge in [0, 0.05) is 17.8 Å². The lowest BCUT2D eigenvalue weighted by atomic mass is 10.2. The zero-order chi connectivity index (χ0) is 9.68. The van der Waals surface area contributed by atoms with Crippen molar-refractivity contribution >= 4 is 17.3 Å². The molecule has 0 fully saturated rings. The summed E-state index contributed by atoms with van der Waals surface area (Å²) in [7, 11) is 0. The van der Waals surface area contributed by atoms with Crippen LogP contribution in [0.5, 0.6) is 0 Å². The number of benzene rings is 1. The average molecular weight is 200 g/mol. The molecule has 0 atom stereocenters. The predicted molar refractivity (Wildman–Crippen MR) is 54.6 cm³/mol.